The number of thiazole rings is 1. The number of amides is 1. The molecule has 0 saturated carbocycles. The van der Waals surface area contributed by atoms with Crippen molar-refractivity contribution in [3.8, 4) is 0 Å². The van der Waals surface area contributed by atoms with Crippen molar-refractivity contribution in [1.82, 2.24) is 9.88 Å². The molecular weight excluding hydrogens is 275 g/mol. The van der Waals surface area contributed by atoms with Gasteiger partial charge in [-0.2, -0.15) is 0 Å². The van der Waals surface area contributed by atoms with Crippen LogP contribution in [-0.4, -0.2) is 22.8 Å². The Morgan fingerprint density at radius 2 is 2.10 bits per heavy atom. The SMILES string of the molecule is C/C(=C\c1ccc(F)cc1)C(=O)N(C)Cc1cscn1. The Hall–Kier alpha value is -2.01. The minimum absolute atomic E-state index is 0.0673. The second-order valence-electron chi connectivity index (χ2n) is 4.52. The van der Waals surface area contributed by atoms with E-state index < -0.39 is 0 Å². The molecule has 0 spiro atoms. The maximum absolute atomic E-state index is 12.8. The minimum Gasteiger partial charge on any atom is -0.336 e. The highest BCUT2D eigenvalue weighted by molar-refractivity contribution is 7.07. The van der Waals surface area contributed by atoms with Crippen molar-refractivity contribution in [2.75, 3.05) is 7.05 Å². The fourth-order valence-corrected chi connectivity index (χ4v) is 2.35. The number of carbonyl (C=O) groups excluding carboxylic acids is 1. The average molecular weight is 290 g/mol. The molecular formula is C15H15FN2OS. The summed E-state index contributed by atoms with van der Waals surface area (Å²) in [5.74, 6) is -0.353. The lowest BCUT2D eigenvalue weighted by molar-refractivity contribution is -0.126. The maximum atomic E-state index is 12.8. The summed E-state index contributed by atoms with van der Waals surface area (Å²) in [6.07, 6.45) is 1.75. The zero-order valence-corrected chi connectivity index (χ0v) is 12.2. The van der Waals surface area contributed by atoms with Crippen LogP contribution in [0.25, 0.3) is 6.08 Å². The maximum Gasteiger partial charge on any atom is 0.249 e. The van der Waals surface area contributed by atoms with Crippen LogP contribution in [0.3, 0.4) is 0 Å². The molecule has 0 unspecified atom stereocenters. The number of benzene rings is 1. The zero-order valence-electron chi connectivity index (χ0n) is 11.3. The molecule has 0 fully saturated rings. The fraction of sp³-hybridized carbons (Fsp3) is 0.200. The molecule has 1 heterocycles. The highest BCUT2D eigenvalue weighted by atomic mass is 32.1. The van der Waals surface area contributed by atoms with Crippen LogP contribution < -0.4 is 0 Å². The molecule has 1 aromatic carbocycles. The molecule has 3 nitrogen and oxygen atoms in total. The van der Waals surface area contributed by atoms with Crippen molar-refractivity contribution in [2.45, 2.75) is 13.5 Å². The molecule has 0 atom stereocenters. The normalized spacial score (nSPS) is 11.4. The summed E-state index contributed by atoms with van der Waals surface area (Å²) in [6.45, 7) is 2.24. The van der Waals surface area contributed by atoms with Gasteiger partial charge in [-0.05, 0) is 30.7 Å². The summed E-state index contributed by atoms with van der Waals surface area (Å²) >= 11 is 1.51. The molecule has 0 aliphatic heterocycles. The van der Waals surface area contributed by atoms with Gasteiger partial charge in [0.05, 0.1) is 17.7 Å². The summed E-state index contributed by atoms with van der Waals surface area (Å²) in [5, 5.41) is 1.92. The van der Waals surface area contributed by atoms with Gasteiger partial charge in [0.2, 0.25) is 5.91 Å². The van der Waals surface area contributed by atoms with Gasteiger partial charge in [-0.25, -0.2) is 9.37 Å². The predicted molar refractivity (Wildman–Crippen MR) is 78.6 cm³/mol. The molecule has 0 bridgehead atoms. The Bertz CT molecular complexity index is 605. The average Bonchev–Trinajstić information content (AvgIpc) is 2.93. The molecule has 0 radical (unpaired) electrons. The lowest BCUT2D eigenvalue weighted by atomic mass is 10.1. The molecule has 5 heteroatoms. The van der Waals surface area contributed by atoms with Gasteiger partial charge >= 0.3 is 0 Å². The highest BCUT2D eigenvalue weighted by Gasteiger charge is 2.12. The first-order valence-electron chi connectivity index (χ1n) is 6.12. The van der Waals surface area contributed by atoms with E-state index in [1.807, 2.05) is 5.38 Å². The molecule has 0 aliphatic carbocycles. The van der Waals surface area contributed by atoms with Gasteiger partial charge in [-0.1, -0.05) is 12.1 Å². The fourth-order valence-electron chi connectivity index (χ4n) is 1.80. The lowest BCUT2D eigenvalue weighted by Gasteiger charge is -2.16. The van der Waals surface area contributed by atoms with Crippen LogP contribution in [0, 0.1) is 5.82 Å². The van der Waals surface area contributed by atoms with E-state index in [0.29, 0.717) is 12.1 Å². The highest BCUT2D eigenvalue weighted by Crippen LogP contribution is 2.11. The third kappa shape index (κ3) is 3.74. The van der Waals surface area contributed by atoms with Crippen LogP contribution in [0.15, 0.2) is 40.7 Å². The van der Waals surface area contributed by atoms with Crippen molar-refractivity contribution in [3.05, 3.63) is 57.8 Å². The van der Waals surface area contributed by atoms with Crippen LogP contribution in [0.5, 0.6) is 0 Å². The van der Waals surface area contributed by atoms with Crippen molar-refractivity contribution in [2.24, 2.45) is 0 Å². The van der Waals surface area contributed by atoms with E-state index in [-0.39, 0.29) is 11.7 Å². The second kappa shape index (κ2) is 6.43. The van der Waals surface area contributed by atoms with Gasteiger partial charge in [0.1, 0.15) is 5.82 Å². The van der Waals surface area contributed by atoms with Crippen LogP contribution in [0.1, 0.15) is 18.2 Å². The summed E-state index contributed by atoms with van der Waals surface area (Å²) < 4.78 is 12.8. The molecule has 1 aromatic heterocycles. The van der Waals surface area contributed by atoms with Crippen molar-refractivity contribution in [3.63, 3.8) is 0 Å². The largest absolute Gasteiger partial charge is 0.336 e. The molecule has 2 rings (SSSR count). The van der Waals surface area contributed by atoms with Crippen molar-refractivity contribution >= 4 is 23.3 Å². The number of hydrogen-bond donors (Lipinski definition) is 0. The Balaban J connectivity index is 2.05. The van der Waals surface area contributed by atoms with Crippen molar-refractivity contribution < 1.29 is 9.18 Å². The van der Waals surface area contributed by atoms with E-state index in [9.17, 15) is 9.18 Å². The molecule has 0 aliphatic rings. The quantitative estimate of drug-likeness (QED) is 0.809. The Kier molecular flexibility index (Phi) is 4.63. The van der Waals surface area contributed by atoms with Gasteiger partial charge in [-0.3, -0.25) is 4.79 Å². The smallest absolute Gasteiger partial charge is 0.249 e. The summed E-state index contributed by atoms with van der Waals surface area (Å²) in [4.78, 5) is 18.0. The topological polar surface area (TPSA) is 33.2 Å². The zero-order chi connectivity index (χ0) is 14.5. The molecule has 2 aromatic rings. The van der Waals surface area contributed by atoms with Crippen LogP contribution in [-0.2, 0) is 11.3 Å². The number of aromatic nitrogens is 1. The number of nitrogens with zero attached hydrogens (tertiary/aromatic N) is 2. The van der Waals surface area contributed by atoms with Gasteiger partial charge in [0, 0.05) is 18.0 Å². The van der Waals surface area contributed by atoms with E-state index in [1.165, 1.54) is 23.5 Å². The summed E-state index contributed by atoms with van der Waals surface area (Å²) in [6, 6.07) is 6.05. The van der Waals surface area contributed by atoms with Gasteiger partial charge < -0.3 is 4.90 Å². The molecule has 0 N–H and O–H groups in total. The number of halogens is 1. The van der Waals surface area contributed by atoms with E-state index >= 15 is 0 Å². The van der Waals surface area contributed by atoms with Gasteiger partial charge in [0.15, 0.2) is 0 Å². The second-order valence-corrected chi connectivity index (χ2v) is 5.24. The van der Waals surface area contributed by atoms with Gasteiger partial charge in [0.25, 0.3) is 0 Å². The molecule has 0 saturated heterocycles. The van der Waals surface area contributed by atoms with Crippen LogP contribution in [0.2, 0.25) is 0 Å². The Morgan fingerprint density at radius 3 is 2.70 bits per heavy atom. The first-order valence-corrected chi connectivity index (χ1v) is 7.07. The summed E-state index contributed by atoms with van der Waals surface area (Å²) in [7, 11) is 1.74. The lowest BCUT2D eigenvalue weighted by Crippen LogP contribution is -2.26. The van der Waals surface area contributed by atoms with Gasteiger partial charge in [-0.15, -0.1) is 11.3 Å². The molecule has 1 amide bonds. The van der Waals surface area contributed by atoms with Crippen molar-refractivity contribution in [1.29, 1.82) is 0 Å². The van der Waals surface area contributed by atoms with E-state index in [0.717, 1.165) is 11.3 Å². The van der Waals surface area contributed by atoms with E-state index in [2.05, 4.69) is 4.98 Å². The molecule has 104 valence electrons. The molecule has 20 heavy (non-hydrogen) atoms. The Labute approximate surface area is 121 Å². The van der Waals surface area contributed by atoms with Crippen LogP contribution in [0.4, 0.5) is 4.39 Å². The number of hydrogen-bond acceptors (Lipinski definition) is 3. The Morgan fingerprint density at radius 1 is 1.40 bits per heavy atom. The number of rotatable bonds is 4. The number of likely N-dealkylation sites (N-methyl/N-ethyl adjacent to an activating group) is 1. The first-order chi connectivity index (χ1) is 9.56. The minimum atomic E-state index is -0.285. The monoisotopic (exact) mass is 290 g/mol. The standard InChI is InChI=1S/C15H15FN2OS/c1-11(7-12-3-5-13(16)6-4-12)15(19)18(2)8-14-9-20-10-17-14/h3-7,9-10H,8H2,1-2H3/b11-7+. The third-order valence-electron chi connectivity index (χ3n) is 2.82. The van der Waals surface area contributed by atoms with E-state index in [4.69, 9.17) is 0 Å². The predicted octanol–water partition coefficient (Wildman–Crippen LogP) is 3.34. The summed E-state index contributed by atoms with van der Waals surface area (Å²) in [5.41, 5.74) is 4.03. The number of carbonyl (C=O) groups is 1. The third-order valence-corrected chi connectivity index (χ3v) is 3.46. The first kappa shape index (κ1) is 14.4. The van der Waals surface area contributed by atoms with Crippen LogP contribution >= 0.6 is 11.3 Å². The van der Waals surface area contributed by atoms with E-state index in [1.54, 1.807) is 42.6 Å².